The third-order valence-corrected chi connectivity index (χ3v) is 5.71. The van der Waals surface area contributed by atoms with E-state index in [0.717, 1.165) is 11.8 Å². The maximum Gasteiger partial charge on any atom is -0.0162 e. The van der Waals surface area contributed by atoms with Crippen molar-refractivity contribution in [3.63, 3.8) is 0 Å². The lowest BCUT2D eigenvalue weighted by Gasteiger charge is -2.20. The lowest BCUT2D eigenvalue weighted by atomic mass is 9.86. The highest BCUT2D eigenvalue weighted by atomic mass is 14.2. The topological polar surface area (TPSA) is 0 Å². The molecule has 0 amide bonds. The first kappa shape index (κ1) is 20.7. The Morgan fingerprint density at radius 2 is 0.846 bits per heavy atom. The molecule has 142 valence electrons. The maximum absolute atomic E-state index is 2.33. The summed E-state index contributed by atoms with van der Waals surface area (Å²) in [6.45, 7) is 4.61. The summed E-state index contributed by atoms with van der Waals surface area (Å²) in [5.74, 6) is 1.50. The van der Waals surface area contributed by atoms with E-state index in [1.807, 2.05) is 0 Å². The molecule has 2 atom stereocenters. The molecule has 0 aliphatic carbocycles. The number of rotatable bonds is 13. The first-order chi connectivity index (χ1) is 12.8. The molecular weight excluding hydrogens is 312 g/mol. The van der Waals surface area contributed by atoms with Gasteiger partial charge in [0.05, 0.1) is 0 Å². The fraction of sp³-hybridized carbons (Fsp3) is 0.538. The van der Waals surface area contributed by atoms with Crippen LogP contribution in [0.4, 0.5) is 0 Å². The second kappa shape index (κ2) is 12.7. The van der Waals surface area contributed by atoms with Crippen LogP contribution in [-0.2, 0) is 0 Å². The second-order valence-corrected chi connectivity index (χ2v) is 7.78. The zero-order valence-corrected chi connectivity index (χ0v) is 17.0. The largest absolute Gasteiger partial charge is 0.0654 e. The molecule has 0 bridgehead atoms. The molecule has 0 spiro atoms. The smallest absolute Gasteiger partial charge is 0.0162 e. The van der Waals surface area contributed by atoms with E-state index in [4.69, 9.17) is 0 Å². The minimum atomic E-state index is 0.752. The van der Waals surface area contributed by atoms with Crippen LogP contribution in [-0.4, -0.2) is 0 Å². The fourth-order valence-electron chi connectivity index (χ4n) is 4.09. The Morgan fingerprint density at radius 3 is 1.19 bits per heavy atom. The van der Waals surface area contributed by atoms with Crippen molar-refractivity contribution in [3.8, 4) is 0 Å². The van der Waals surface area contributed by atoms with Gasteiger partial charge in [-0.25, -0.2) is 0 Å². The SMILES string of the molecule is CCCCC(CCCCC(CCCC)c1ccccc1)c1ccccc1. The van der Waals surface area contributed by atoms with Crippen LogP contribution in [0.15, 0.2) is 60.7 Å². The van der Waals surface area contributed by atoms with Crippen molar-refractivity contribution in [2.24, 2.45) is 0 Å². The molecular formula is C26H38. The molecule has 0 radical (unpaired) electrons. The van der Waals surface area contributed by atoms with Crippen molar-refractivity contribution in [2.45, 2.75) is 89.9 Å². The number of benzene rings is 2. The lowest BCUT2D eigenvalue weighted by molar-refractivity contribution is 0.475. The van der Waals surface area contributed by atoms with Crippen LogP contribution >= 0.6 is 0 Å². The summed E-state index contributed by atoms with van der Waals surface area (Å²) in [5.41, 5.74) is 3.10. The molecule has 0 aliphatic heterocycles. The van der Waals surface area contributed by atoms with E-state index in [1.54, 1.807) is 11.1 Å². The van der Waals surface area contributed by atoms with Gasteiger partial charge >= 0.3 is 0 Å². The highest BCUT2D eigenvalue weighted by Crippen LogP contribution is 2.31. The molecule has 2 unspecified atom stereocenters. The van der Waals surface area contributed by atoms with E-state index < -0.39 is 0 Å². The van der Waals surface area contributed by atoms with Crippen LogP contribution in [0.3, 0.4) is 0 Å². The van der Waals surface area contributed by atoms with Crippen LogP contribution < -0.4 is 0 Å². The van der Waals surface area contributed by atoms with Crippen LogP contribution in [0.25, 0.3) is 0 Å². The number of hydrogen-bond acceptors (Lipinski definition) is 0. The maximum atomic E-state index is 2.33. The van der Waals surface area contributed by atoms with Gasteiger partial charge in [-0.05, 0) is 48.6 Å². The van der Waals surface area contributed by atoms with Gasteiger partial charge in [0.15, 0.2) is 0 Å². The number of hydrogen-bond donors (Lipinski definition) is 0. The van der Waals surface area contributed by atoms with Crippen LogP contribution in [0.1, 0.15) is 101 Å². The molecule has 0 nitrogen and oxygen atoms in total. The molecule has 26 heavy (non-hydrogen) atoms. The van der Waals surface area contributed by atoms with Crippen LogP contribution in [0.2, 0.25) is 0 Å². The lowest BCUT2D eigenvalue weighted by Crippen LogP contribution is -2.02. The molecule has 0 heteroatoms. The minimum Gasteiger partial charge on any atom is -0.0654 e. The highest BCUT2D eigenvalue weighted by molar-refractivity contribution is 5.20. The van der Waals surface area contributed by atoms with Crippen molar-refractivity contribution in [3.05, 3.63) is 71.8 Å². The van der Waals surface area contributed by atoms with Gasteiger partial charge in [0.1, 0.15) is 0 Å². The summed E-state index contributed by atoms with van der Waals surface area (Å²) in [5, 5.41) is 0. The Labute approximate surface area is 162 Å². The highest BCUT2D eigenvalue weighted by Gasteiger charge is 2.13. The summed E-state index contributed by atoms with van der Waals surface area (Å²) in [4.78, 5) is 0. The minimum absolute atomic E-state index is 0.752. The molecule has 2 aromatic rings. The Bertz CT molecular complexity index is 504. The Morgan fingerprint density at radius 1 is 0.500 bits per heavy atom. The Hall–Kier alpha value is -1.56. The molecule has 0 heterocycles. The van der Waals surface area contributed by atoms with Gasteiger partial charge in [-0.3, -0.25) is 0 Å². The predicted molar refractivity (Wildman–Crippen MR) is 116 cm³/mol. The molecule has 0 N–H and O–H groups in total. The third kappa shape index (κ3) is 7.36. The van der Waals surface area contributed by atoms with Gasteiger partial charge < -0.3 is 0 Å². The first-order valence-electron chi connectivity index (χ1n) is 10.9. The van der Waals surface area contributed by atoms with Gasteiger partial charge in [-0.15, -0.1) is 0 Å². The Kier molecular flexibility index (Phi) is 10.2. The van der Waals surface area contributed by atoms with E-state index in [0.29, 0.717) is 0 Å². The molecule has 0 fully saturated rings. The first-order valence-corrected chi connectivity index (χ1v) is 10.9. The molecule has 2 rings (SSSR count). The molecule has 2 aromatic carbocycles. The van der Waals surface area contributed by atoms with E-state index in [-0.39, 0.29) is 0 Å². The van der Waals surface area contributed by atoms with Crippen molar-refractivity contribution in [1.29, 1.82) is 0 Å². The van der Waals surface area contributed by atoms with Crippen molar-refractivity contribution in [2.75, 3.05) is 0 Å². The Balaban J connectivity index is 1.84. The third-order valence-electron chi connectivity index (χ3n) is 5.71. The average molecular weight is 351 g/mol. The summed E-state index contributed by atoms with van der Waals surface area (Å²) >= 11 is 0. The summed E-state index contributed by atoms with van der Waals surface area (Å²) in [7, 11) is 0. The monoisotopic (exact) mass is 350 g/mol. The standard InChI is InChI=1S/C26H38/c1-3-5-15-23(25-17-9-7-10-18-25)21-13-14-22-24(16-6-4-2)26-19-11-8-12-20-26/h7-12,17-20,23-24H,3-6,13-16,21-22H2,1-2H3. The fourth-order valence-corrected chi connectivity index (χ4v) is 4.09. The van der Waals surface area contributed by atoms with E-state index >= 15 is 0 Å². The summed E-state index contributed by atoms with van der Waals surface area (Å²) in [6, 6.07) is 22.4. The van der Waals surface area contributed by atoms with Gasteiger partial charge in [0.2, 0.25) is 0 Å². The van der Waals surface area contributed by atoms with Crippen molar-refractivity contribution < 1.29 is 0 Å². The van der Waals surface area contributed by atoms with Crippen LogP contribution in [0, 0.1) is 0 Å². The van der Waals surface area contributed by atoms with E-state index in [2.05, 4.69) is 74.5 Å². The van der Waals surface area contributed by atoms with Gasteiger partial charge in [-0.1, -0.05) is 113 Å². The molecule has 0 saturated heterocycles. The molecule has 0 aromatic heterocycles. The molecule has 0 aliphatic rings. The average Bonchev–Trinajstić information content (AvgIpc) is 2.71. The van der Waals surface area contributed by atoms with Crippen molar-refractivity contribution >= 4 is 0 Å². The van der Waals surface area contributed by atoms with Crippen LogP contribution in [0.5, 0.6) is 0 Å². The van der Waals surface area contributed by atoms with E-state index in [9.17, 15) is 0 Å². The van der Waals surface area contributed by atoms with Gasteiger partial charge in [-0.2, -0.15) is 0 Å². The predicted octanol–water partition coefficient (Wildman–Crippen LogP) is 8.49. The molecule has 0 saturated carbocycles. The van der Waals surface area contributed by atoms with E-state index in [1.165, 1.54) is 64.2 Å². The normalized spacial score (nSPS) is 13.5. The quantitative estimate of drug-likeness (QED) is 0.318. The second-order valence-electron chi connectivity index (χ2n) is 7.78. The summed E-state index contributed by atoms with van der Waals surface area (Å²) < 4.78 is 0. The van der Waals surface area contributed by atoms with Crippen molar-refractivity contribution in [1.82, 2.24) is 0 Å². The zero-order valence-electron chi connectivity index (χ0n) is 17.0. The zero-order chi connectivity index (χ0) is 18.5. The summed E-state index contributed by atoms with van der Waals surface area (Å²) in [6.07, 6.45) is 13.4. The van der Waals surface area contributed by atoms with Gasteiger partial charge in [0, 0.05) is 0 Å². The number of unbranched alkanes of at least 4 members (excludes halogenated alkanes) is 3. The van der Waals surface area contributed by atoms with Gasteiger partial charge in [0.25, 0.3) is 0 Å².